The third-order valence-corrected chi connectivity index (χ3v) is 6.06. The lowest BCUT2D eigenvalue weighted by atomic mass is 9.89. The Kier molecular flexibility index (Phi) is 6.23. The summed E-state index contributed by atoms with van der Waals surface area (Å²) in [4.78, 5) is 9.37. The maximum Gasteiger partial charge on any atom is 0.126 e. The van der Waals surface area contributed by atoms with Crippen molar-refractivity contribution < 1.29 is 0 Å². The molecule has 2 saturated carbocycles. The molecular weight excluding hydrogens is 332 g/mol. The van der Waals surface area contributed by atoms with Crippen molar-refractivity contribution in [2.24, 2.45) is 5.92 Å². The summed E-state index contributed by atoms with van der Waals surface area (Å²) >= 11 is 0. The summed E-state index contributed by atoms with van der Waals surface area (Å²) in [5.74, 6) is 2.76. The predicted octanol–water partition coefficient (Wildman–Crippen LogP) is 5.88. The minimum Gasteiger partial charge on any atom is -0.370 e. The molecule has 4 heteroatoms. The average Bonchev–Trinajstić information content (AvgIpc) is 2.74. The zero-order valence-corrected chi connectivity index (χ0v) is 16.3. The standard InChI is InChI=1S/C23H32N4/c1-3-8-18(9-4-1)17-25-22-13-7-12-21(27-22)19-14-15-24-23(16-19)26-20-10-5-2-6-11-20/h7,12-16,18,20H,1-6,8-11,17H2,(H,24,26)(H,25,27). The Hall–Kier alpha value is -2.10. The van der Waals surface area contributed by atoms with Gasteiger partial charge in [-0.1, -0.05) is 44.6 Å². The minimum absolute atomic E-state index is 0.568. The van der Waals surface area contributed by atoms with Crippen molar-refractivity contribution in [1.29, 1.82) is 0 Å². The largest absolute Gasteiger partial charge is 0.370 e. The molecule has 0 bridgehead atoms. The second-order valence-electron chi connectivity index (χ2n) is 8.20. The summed E-state index contributed by atoms with van der Waals surface area (Å²) in [5, 5.41) is 7.18. The van der Waals surface area contributed by atoms with Crippen LogP contribution in [0.2, 0.25) is 0 Å². The number of anilines is 2. The summed E-state index contributed by atoms with van der Waals surface area (Å²) < 4.78 is 0. The quantitative estimate of drug-likeness (QED) is 0.672. The van der Waals surface area contributed by atoms with Crippen LogP contribution in [0.1, 0.15) is 64.2 Å². The molecule has 0 unspecified atom stereocenters. The molecule has 0 radical (unpaired) electrons. The van der Waals surface area contributed by atoms with Gasteiger partial charge in [0, 0.05) is 24.3 Å². The van der Waals surface area contributed by atoms with Crippen LogP contribution in [0.25, 0.3) is 11.3 Å². The van der Waals surface area contributed by atoms with E-state index >= 15 is 0 Å². The Morgan fingerprint density at radius 2 is 1.63 bits per heavy atom. The number of rotatable bonds is 6. The highest BCUT2D eigenvalue weighted by atomic mass is 15.0. The van der Waals surface area contributed by atoms with Gasteiger partial charge in [-0.2, -0.15) is 0 Å². The fourth-order valence-corrected chi connectivity index (χ4v) is 4.46. The molecule has 0 aliphatic heterocycles. The monoisotopic (exact) mass is 364 g/mol. The molecule has 27 heavy (non-hydrogen) atoms. The highest BCUT2D eigenvalue weighted by Gasteiger charge is 2.15. The third kappa shape index (κ3) is 5.21. The van der Waals surface area contributed by atoms with Crippen molar-refractivity contribution in [2.75, 3.05) is 17.2 Å². The van der Waals surface area contributed by atoms with E-state index in [1.165, 1.54) is 64.2 Å². The molecule has 4 nitrogen and oxygen atoms in total. The van der Waals surface area contributed by atoms with Gasteiger partial charge < -0.3 is 10.6 Å². The highest BCUT2D eigenvalue weighted by molar-refractivity contribution is 5.64. The van der Waals surface area contributed by atoms with E-state index < -0.39 is 0 Å². The number of nitrogens with zero attached hydrogens (tertiary/aromatic N) is 2. The normalized spacial score (nSPS) is 19.0. The second kappa shape index (κ2) is 9.20. The van der Waals surface area contributed by atoms with Crippen molar-refractivity contribution in [2.45, 2.75) is 70.3 Å². The topological polar surface area (TPSA) is 49.8 Å². The first-order valence-corrected chi connectivity index (χ1v) is 10.8. The van der Waals surface area contributed by atoms with Crippen LogP contribution < -0.4 is 10.6 Å². The summed E-state index contributed by atoms with van der Waals surface area (Å²) in [5.41, 5.74) is 2.14. The Morgan fingerprint density at radius 3 is 2.44 bits per heavy atom. The van der Waals surface area contributed by atoms with E-state index in [1.807, 2.05) is 6.20 Å². The van der Waals surface area contributed by atoms with Crippen LogP contribution in [0.4, 0.5) is 11.6 Å². The molecule has 0 spiro atoms. The Morgan fingerprint density at radius 1 is 0.852 bits per heavy atom. The molecule has 2 aromatic rings. The molecule has 2 aliphatic rings. The van der Waals surface area contributed by atoms with Gasteiger partial charge in [-0.15, -0.1) is 0 Å². The number of nitrogens with one attached hydrogen (secondary N) is 2. The van der Waals surface area contributed by atoms with Gasteiger partial charge in [0.2, 0.25) is 0 Å². The molecule has 2 N–H and O–H groups in total. The SMILES string of the molecule is c1cc(NCC2CCCCC2)nc(-c2ccnc(NC3CCCCC3)c2)c1. The molecule has 2 heterocycles. The van der Waals surface area contributed by atoms with E-state index in [2.05, 4.69) is 45.9 Å². The van der Waals surface area contributed by atoms with Crippen LogP contribution >= 0.6 is 0 Å². The van der Waals surface area contributed by atoms with Gasteiger partial charge in [-0.3, -0.25) is 0 Å². The molecule has 2 fully saturated rings. The summed E-state index contributed by atoms with van der Waals surface area (Å²) in [6.07, 6.45) is 15.3. The first-order chi connectivity index (χ1) is 13.4. The molecule has 144 valence electrons. The van der Waals surface area contributed by atoms with Crippen LogP contribution in [-0.2, 0) is 0 Å². The van der Waals surface area contributed by atoms with Crippen LogP contribution in [0, 0.1) is 5.92 Å². The maximum atomic E-state index is 4.85. The maximum absolute atomic E-state index is 4.85. The van der Waals surface area contributed by atoms with Gasteiger partial charge >= 0.3 is 0 Å². The zero-order chi connectivity index (χ0) is 18.3. The van der Waals surface area contributed by atoms with Crippen molar-refractivity contribution >= 4 is 11.6 Å². The fourth-order valence-electron chi connectivity index (χ4n) is 4.46. The van der Waals surface area contributed by atoms with Gasteiger partial charge in [0.25, 0.3) is 0 Å². The van der Waals surface area contributed by atoms with Gasteiger partial charge in [0.1, 0.15) is 11.6 Å². The van der Waals surface area contributed by atoms with Crippen LogP contribution in [0.3, 0.4) is 0 Å². The molecule has 0 atom stereocenters. The Balaban J connectivity index is 1.40. The molecular formula is C23H32N4. The van der Waals surface area contributed by atoms with Crippen molar-refractivity contribution in [3.63, 3.8) is 0 Å². The number of hydrogen-bond acceptors (Lipinski definition) is 4. The number of hydrogen-bond donors (Lipinski definition) is 2. The van der Waals surface area contributed by atoms with Crippen molar-refractivity contribution in [3.05, 3.63) is 36.5 Å². The minimum atomic E-state index is 0.568. The highest BCUT2D eigenvalue weighted by Crippen LogP contribution is 2.26. The van der Waals surface area contributed by atoms with Crippen molar-refractivity contribution in [1.82, 2.24) is 9.97 Å². The Labute approximate surface area is 163 Å². The van der Waals surface area contributed by atoms with E-state index in [0.29, 0.717) is 6.04 Å². The smallest absolute Gasteiger partial charge is 0.126 e. The number of aromatic nitrogens is 2. The summed E-state index contributed by atoms with van der Waals surface area (Å²) in [6, 6.07) is 11.0. The van der Waals surface area contributed by atoms with E-state index in [-0.39, 0.29) is 0 Å². The van der Waals surface area contributed by atoms with E-state index in [4.69, 9.17) is 4.98 Å². The molecule has 2 aromatic heterocycles. The van der Waals surface area contributed by atoms with Gasteiger partial charge in [-0.25, -0.2) is 9.97 Å². The summed E-state index contributed by atoms with van der Waals surface area (Å²) in [6.45, 7) is 1.04. The molecule has 0 aromatic carbocycles. The van der Waals surface area contributed by atoms with E-state index in [9.17, 15) is 0 Å². The van der Waals surface area contributed by atoms with Gasteiger partial charge in [0.15, 0.2) is 0 Å². The molecule has 4 rings (SSSR count). The Bertz CT molecular complexity index is 718. The van der Waals surface area contributed by atoms with Gasteiger partial charge in [0.05, 0.1) is 5.69 Å². The van der Waals surface area contributed by atoms with Gasteiger partial charge in [-0.05, 0) is 55.9 Å². The molecule has 0 saturated heterocycles. The molecule has 0 amide bonds. The lowest BCUT2D eigenvalue weighted by molar-refractivity contribution is 0.373. The van der Waals surface area contributed by atoms with Crippen LogP contribution in [0.5, 0.6) is 0 Å². The zero-order valence-electron chi connectivity index (χ0n) is 16.3. The van der Waals surface area contributed by atoms with Crippen LogP contribution in [-0.4, -0.2) is 22.6 Å². The first-order valence-electron chi connectivity index (χ1n) is 10.8. The third-order valence-electron chi connectivity index (χ3n) is 6.06. The fraction of sp³-hybridized carbons (Fsp3) is 0.565. The van der Waals surface area contributed by atoms with Crippen LogP contribution in [0.15, 0.2) is 36.5 Å². The number of pyridine rings is 2. The second-order valence-corrected chi connectivity index (χ2v) is 8.20. The first kappa shape index (κ1) is 18.3. The van der Waals surface area contributed by atoms with E-state index in [1.54, 1.807) is 0 Å². The van der Waals surface area contributed by atoms with Crippen molar-refractivity contribution in [3.8, 4) is 11.3 Å². The summed E-state index contributed by atoms with van der Waals surface area (Å²) in [7, 11) is 0. The lowest BCUT2D eigenvalue weighted by Gasteiger charge is -2.23. The average molecular weight is 365 g/mol. The molecule has 2 aliphatic carbocycles. The predicted molar refractivity (Wildman–Crippen MR) is 113 cm³/mol. The lowest BCUT2D eigenvalue weighted by Crippen LogP contribution is -2.22. The van der Waals surface area contributed by atoms with E-state index in [0.717, 1.165) is 35.4 Å².